The molecule has 1 aliphatic rings. The third-order valence-corrected chi connectivity index (χ3v) is 5.91. The van der Waals surface area contributed by atoms with Crippen molar-refractivity contribution in [3.8, 4) is 0 Å². The van der Waals surface area contributed by atoms with E-state index >= 15 is 0 Å². The molecule has 0 radical (unpaired) electrons. The second-order valence-electron chi connectivity index (χ2n) is 8.31. The van der Waals surface area contributed by atoms with Crippen LogP contribution < -0.4 is 5.56 Å². The van der Waals surface area contributed by atoms with E-state index in [9.17, 15) is 18.8 Å². The van der Waals surface area contributed by atoms with Crippen molar-refractivity contribution in [3.63, 3.8) is 0 Å². The van der Waals surface area contributed by atoms with Crippen molar-refractivity contribution in [1.29, 1.82) is 0 Å². The van der Waals surface area contributed by atoms with Crippen LogP contribution in [-0.2, 0) is 11.3 Å². The summed E-state index contributed by atoms with van der Waals surface area (Å²) >= 11 is 0. The fourth-order valence-electron chi connectivity index (χ4n) is 4.09. The first-order valence-corrected chi connectivity index (χ1v) is 11.0. The summed E-state index contributed by atoms with van der Waals surface area (Å²) in [6.07, 6.45) is 1.53. The van der Waals surface area contributed by atoms with Crippen LogP contribution in [0.5, 0.6) is 0 Å². The molecular formula is C26H26FN3O3. The molecule has 1 saturated heterocycles. The van der Waals surface area contributed by atoms with Crippen molar-refractivity contribution in [3.05, 3.63) is 106 Å². The molecule has 0 bridgehead atoms. The number of rotatable bonds is 6. The summed E-state index contributed by atoms with van der Waals surface area (Å²) in [5.74, 6) is -1.42. The Morgan fingerprint density at radius 3 is 2.24 bits per heavy atom. The number of nitrogens with zero attached hydrogens (tertiary/aromatic N) is 3. The third-order valence-electron chi connectivity index (χ3n) is 5.91. The lowest BCUT2D eigenvalue weighted by atomic mass is 10.0. The van der Waals surface area contributed by atoms with Crippen LogP contribution in [0.3, 0.4) is 0 Å². The molecule has 1 aromatic heterocycles. The molecule has 7 heteroatoms. The van der Waals surface area contributed by atoms with Crippen molar-refractivity contribution in [2.45, 2.75) is 19.5 Å². The van der Waals surface area contributed by atoms with Gasteiger partial charge in [-0.2, -0.15) is 0 Å². The minimum Gasteiger partial charge on any atom is -0.338 e. The Bertz CT molecular complexity index is 1180. The highest BCUT2D eigenvalue weighted by Crippen LogP contribution is 2.19. The SMILES string of the molecule is Cc1ccc(=O)n(C(C(=O)c2ccc(F)cc2)C(=O)N2CCN(Cc3ccccc3)CC2)c1. The number of carbonyl (C=O) groups is 2. The molecule has 6 nitrogen and oxygen atoms in total. The molecule has 1 atom stereocenters. The van der Waals surface area contributed by atoms with Gasteiger partial charge in [-0.25, -0.2) is 4.39 Å². The molecular weight excluding hydrogens is 421 g/mol. The highest BCUT2D eigenvalue weighted by molar-refractivity contribution is 6.11. The maximum Gasteiger partial charge on any atom is 0.253 e. The van der Waals surface area contributed by atoms with Gasteiger partial charge >= 0.3 is 0 Å². The van der Waals surface area contributed by atoms with Gasteiger partial charge in [0.15, 0.2) is 11.8 Å². The minimum absolute atomic E-state index is 0.186. The predicted molar refractivity (Wildman–Crippen MR) is 124 cm³/mol. The molecule has 4 rings (SSSR count). The summed E-state index contributed by atoms with van der Waals surface area (Å²) < 4.78 is 14.6. The number of benzene rings is 2. The average Bonchev–Trinajstić information content (AvgIpc) is 2.83. The Balaban J connectivity index is 1.56. The maximum atomic E-state index is 13.6. The number of amides is 1. The van der Waals surface area contributed by atoms with Gasteiger partial charge in [0.05, 0.1) is 0 Å². The van der Waals surface area contributed by atoms with Crippen LogP contribution in [0, 0.1) is 12.7 Å². The van der Waals surface area contributed by atoms with Crippen molar-refractivity contribution in [2.75, 3.05) is 26.2 Å². The van der Waals surface area contributed by atoms with E-state index in [0.29, 0.717) is 26.2 Å². The summed E-state index contributed by atoms with van der Waals surface area (Å²) in [6.45, 7) is 4.83. The van der Waals surface area contributed by atoms with Crippen LogP contribution >= 0.6 is 0 Å². The second-order valence-corrected chi connectivity index (χ2v) is 8.31. The molecule has 170 valence electrons. The number of Topliss-reactive ketones (excluding diaryl/α,β-unsaturated/α-hetero) is 1. The first-order chi connectivity index (χ1) is 15.9. The van der Waals surface area contributed by atoms with Gasteiger partial charge in [0.1, 0.15) is 5.82 Å². The molecule has 1 aliphatic heterocycles. The third kappa shape index (κ3) is 5.26. The highest BCUT2D eigenvalue weighted by Gasteiger charge is 2.35. The van der Waals surface area contributed by atoms with E-state index in [-0.39, 0.29) is 5.56 Å². The van der Waals surface area contributed by atoms with E-state index in [1.54, 1.807) is 17.9 Å². The van der Waals surface area contributed by atoms with Gasteiger partial charge in [-0.05, 0) is 42.3 Å². The van der Waals surface area contributed by atoms with Crippen molar-refractivity contribution >= 4 is 11.7 Å². The lowest BCUT2D eigenvalue weighted by Crippen LogP contribution is -2.52. The maximum absolute atomic E-state index is 13.6. The lowest BCUT2D eigenvalue weighted by molar-refractivity contribution is -0.135. The fourth-order valence-corrected chi connectivity index (χ4v) is 4.09. The van der Waals surface area contributed by atoms with E-state index in [0.717, 1.165) is 12.1 Å². The van der Waals surface area contributed by atoms with Crippen molar-refractivity contribution in [1.82, 2.24) is 14.4 Å². The molecule has 3 aromatic rings. The summed E-state index contributed by atoms with van der Waals surface area (Å²) in [6, 6.07) is 16.8. The number of aromatic nitrogens is 1. The number of ketones is 1. The van der Waals surface area contributed by atoms with Crippen LogP contribution in [0.25, 0.3) is 0 Å². The molecule has 1 fully saturated rings. The normalized spacial score (nSPS) is 15.3. The molecule has 1 unspecified atom stereocenters. The average molecular weight is 448 g/mol. The molecule has 0 saturated carbocycles. The lowest BCUT2D eigenvalue weighted by Gasteiger charge is -2.36. The number of halogens is 1. The van der Waals surface area contributed by atoms with Crippen LogP contribution in [0.1, 0.15) is 27.5 Å². The molecule has 2 heterocycles. The first-order valence-electron chi connectivity index (χ1n) is 11.0. The van der Waals surface area contributed by atoms with E-state index in [2.05, 4.69) is 17.0 Å². The van der Waals surface area contributed by atoms with E-state index < -0.39 is 29.1 Å². The molecule has 2 aromatic carbocycles. The summed E-state index contributed by atoms with van der Waals surface area (Å²) in [5.41, 5.74) is 1.71. The molecule has 0 spiro atoms. The molecule has 33 heavy (non-hydrogen) atoms. The topological polar surface area (TPSA) is 62.6 Å². The zero-order valence-corrected chi connectivity index (χ0v) is 18.5. The smallest absolute Gasteiger partial charge is 0.253 e. The second kappa shape index (κ2) is 9.92. The number of aryl methyl sites for hydroxylation is 1. The fraction of sp³-hybridized carbons (Fsp3) is 0.269. The van der Waals surface area contributed by atoms with Crippen LogP contribution in [0.4, 0.5) is 4.39 Å². The zero-order chi connectivity index (χ0) is 23.4. The monoisotopic (exact) mass is 447 g/mol. The highest BCUT2D eigenvalue weighted by atomic mass is 19.1. The molecule has 0 N–H and O–H groups in total. The quantitative estimate of drug-likeness (QED) is 0.431. The van der Waals surface area contributed by atoms with Gasteiger partial charge in [0.2, 0.25) is 0 Å². The number of pyridine rings is 1. The molecule has 0 aliphatic carbocycles. The van der Waals surface area contributed by atoms with Gasteiger partial charge in [-0.15, -0.1) is 0 Å². The van der Waals surface area contributed by atoms with Gasteiger partial charge in [0.25, 0.3) is 11.5 Å². The minimum atomic E-state index is -1.33. The predicted octanol–water partition coefficient (Wildman–Crippen LogP) is 3.06. The zero-order valence-electron chi connectivity index (χ0n) is 18.5. The van der Waals surface area contributed by atoms with Crippen LogP contribution in [0.2, 0.25) is 0 Å². The Hall–Kier alpha value is -3.58. The van der Waals surface area contributed by atoms with Gasteiger partial charge in [0, 0.05) is 50.6 Å². The van der Waals surface area contributed by atoms with E-state index in [4.69, 9.17) is 0 Å². The Morgan fingerprint density at radius 1 is 0.909 bits per heavy atom. The van der Waals surface area contributed by atoms with Gasteiger partial charge in [-0.1, -0.05) is 36.4 Å². The number of hydrogen-bond acceptors (Lipinski definition) is 4. The van der Waals surface area contributed by atoms with E-state index in [1.807, 2.05) is 18.2 Å². The number of hydrogen-bond donors (Lipinski definition) is 0. The first kappa shape index (κ1) is 22.6. The summed E-state index contributed by atoms with van der Waals surface area (Å²) in [7, 11) is 0. The van der Waals surface area contributed by atoms with Crippen LogP contribution in [-0.4, -0.2) is 52.2 Å². The van der Waals surface area contributed by atoms with Crippen molar-refractivity contribution < 1.29 is 14.0 Å². The Morgan fingerprint density at radius 2 is 1.58 bits per heavy atom. The molecule has 1 amide bonds. The van der Waals surface area contributed by atoms with Gasteiger partial charge in [-0.3, -0.25) is 23.9 Å². The van der Waals surface area contributed by atoms with Gasteiger partial charge < -0.3 is 4.90 Å². The largest absolute Gasteiger partial charge is 0.338 e. The summed E-state index contributed by atoms with van der Waals surface area (Å²) in [4.78, 5) is 43.4. The number of piperazine rings is 1. The Kier molecular flexibility index (Phi) is 6.79. The Labute approximate surface area is 191 Å². The summed E-state index contributed by atoms with van der Waals surface area (Å²) in [5, 5.41) is 0. The number of carbonyl (C=O) groups excluding carboxylic acids is 2. The van der Waals surface area contributed by atoms with Crippen molar-refractivity contribution in [2.24, 2.45) is 0 Å². The van der Waals surface area contributed by atoms with E-state index in [1.165, 1.54) is 46.7 Å². The standard InChI is InChI=1S/C26H26FN3O3/c1-19-7-12-23(31)30(17-19)24(25(32)21-8-10-22(27)11-9-21)26(33)29-15-13-28(14-16-29)18-20-5-3-2-4-6-20/h2-12,17,24H,13-16,18H2,1H3. The van der Waals surface area contributed by atoms with Crippen LogP contribution in [0.15, 0.2) is 77.7 Å².